The van der Waals surface area contributed by atoms with E-state index in [2.05, 4.69) is 29.0 Å². The molecule has 0 aliphatic carbocycles. The number of hydrogen-bond acceptors (Lipinski definition) is 4. The molecule has 15 heavy (non-hydrogen) atoms. The lowest BCUT2D eigenvalue weighted by molar-refractivity contribution is 0.405. The Bertz CT molecular complexity index is 284. The molecule has 84 valence electrons. The van der Waals surface area contributed by atoms with Gasteiger partial charge >= 0.3 is 0 Å². The highest BCUT2D eigenvalue weighted by Crippen LogP contribution is 2.19. The monoisotopic (exact) mass is 209 g/mol. The second kappa shape index (κ2) is 4.66. The van der Waals surface area contributed by atoms with Crippen molar-refractivity contribution in [2.45, 2.75) is 26.3 Å². The number of oxazole rings is 1. The predicted octanol–water partition coefficient (Wildman–Crippen LogP) is 1.50. The molecule has 1 atom stereocenters. The molecule has 1 fully saturated rings. The van der Waals surface area contributed by atoms with Gasteiger partial charge in [-0.3, -0.25) is 0 Å². The Kier molecular flexibility index (Phi) is 3.26. The molecule has 0 saturated carbocycles. The van der Waals surface area contributed by atoms with Crippen LogP contribution in [-0.4, -0.2) is 30.7 Å². The summed E-state index contributed by atoms with van der Waals surface area (Å²) in [5.41, 5.74) is 0. The fourth-order valence-electron chi connectivity index (χ4n) is 2.17. The van der Waals surface area contributed by atoms with Crippen molar-refractivity contribution in [1.29, 1.82) is 0 Å². The molecule has 0 spiro atoms. The number of hydrogen-bond donors (Lipinski definition) is 1. The molecule has 1 N–H and O–H groups in total. The van der Waals surface area contributed by atoms with Crippen LogP contribution in [-0.2, 0) is 0 Å². The molecule has 0 radical (unpaired) electrons. The molecular weight excluding hydrogens is 190 g/mol. The van der Waals surface area contributed by atoms with Gasteiger partial charge in [-0.2, -0.15) is 4.98 Å². The second-order valence-electron chi connectivity index (χ2n) is 4.53. The molecule has 1 aromatic rings. The lowest BCUT2D eigenvalue weighted by Crippen LogP contribution is -2.52. The Labute approximate surface area is 90.7 Å². The molecule has 0 amide bonds. The van der Waals surface area contributed by atoms with Gasteiger partial charge in [0, 0.05) is 25.7 Å². The minimum absolute atomic E-state index is 0.545. The van der Waals surface area contributed by atoms with E-state index in [4.69, 9.17) is 4.42 Å². The van der Waals surface area contributed by atoms with E-state index in [1.165, 1.54) is 12.8 Å². The minimum Gasteiger partial charge on any atom is -0.449 e. The van der Waals surface area contributed by atoms with Gasteiger partial charge in [-0.1, -0.05) is 13.8 Å². The van der Waals surface area contributed by atoms with E-state index in [-0.39, 0.29) is 0 Å². The summed E-state index contributed by atoms with van der Waals surface area (Å²) in [4.78, 5) is 6.58. The quantitative estimate of drug-likeness (QED) is 0.819. The summed E-state index contributed by atoms with van der Waals surface area (Å²) in [5, 5.41) is 3.43. The average Bonchev–Trinajstić information content (AvgIpc) is 2.70. The molecule has 2 rings (SSSR count). The molecule has 4 nitrogen and oxygen atoms in total. The summed E-state index contributed by atoms with van der Waals surface area (Å²) in [6, 6.07) is 0.545. The van der Waals surface area contributed by atoms with Gasteiger partial charge < -0.3 is 14.6 Å². The van der Waals surface area contributed by atoms with Gasteiger partial charge in [0.05, 0.1) is 0 Å². The Morgan fingerprint density at radius 1 is 1.67 bits per heavy atom. The van der Waals surface area contributed by atoms with Gasteiger partial charge in [0.2, 0.25) is 0 Å². The van der Waals surface area contributed by atoms with Crippen LogP contribution in [0.3, 0.4) is 0 Å². The fraction of sp³-hybridized carbons (Fsp3) is 0.727. The lowest BCUT2D eigenvalue weighted by Gasteiger charge is -2.37. The predicted molar refractivity (Wildman–Crippen MR) is 60.0 cm³/mol. The van der Waals surface area contributed by atoms with E-state index in [9.17, 15) is 0 Å². The smallest absolute Gasteiger partial charge is 0.182 e. The van der Waals surface area contributed by atoms with E-state index in [0.717, 1.165) is 25.5 Å². The van der Waals surface area contributed by atoms with E-state index in [0.29, 0.717) is 12.0 Å². The number of rotatable bonds is 3. The van der Waals surface area contributed by atoms with Crippen LogP contribution in [0, 0.1) is 5.92 Å². The maximum absolute atomic E-state index is 5.05. The molecule has 2 heterocycles. The van der Waals surface area contributed by atoms with Gasteiger partial charge in [0.1, 0.15) is 6.26 Å². The van der Waals surface area contributed by atoms with Gasteiger partial charge in [-0.25, -0.2) is 0 Å². The SMILES string of the molecule is CC(C)CC1CNCCN1c1cocn1. The summed E-state index contributed by atoms with van der Waals surface area (Å²) in [6.45, 7) is 7.61. The maximum atomic E-state index is 5.05. The third kappa shape index (κ3) is 2.50. The highest BCUT2D eigenvalue weighted by Gasteiger charge is 2.24. The number of anilines is 1. The Morgan fingerprint density at radius 3 is 3.20 bits per heavy atom. The molecule has 0 aromatic carbocycles. The average molecular weight is 209 g/mol. The highest BCUT2D eigenvalue weighted by atomic mass is 16.3. The fourth-order valence-corrected chi connectivity index (χ4v) is 2.17. The molecular formula is C11H19N3O. The number of nitrogens with zero attached hydrogens (tertiary/aromatic N) is 2. The summed E-state index contributed by atoms with van der Waals surface area (Å²) in [6.07, 6.45) is 4.43. The van der Waals surface area contributed by atoms with Crippen molar-refractivity contribution < 1.29 is 4.42 Å². The molecule has 1 unspecified atom stereocenters. The van der Waals surface area contributed by atoms with Crippen LogP contribution >= 0.6 is 0 Å². The maximum Gasteiger partial charge on any atom is 0.182 e. The lowest BCUT2D eigenvalue weighted by atomic mass is 10.0. The molecule has 4 heteroatoms. The topological polar surface area (TPSA) is 41.3 Å². The first-order chi connectivity index (χ1) is 7.27. The van der Waals surface area contributed by atoms with Crippen LogP contribution < -0.4 is 10.2 Å². The zero-order valence-corrected chi connectivity index (χ0v) is 9.44. The summed E-state index contributed by atoms with van der Waals surface area (Å²) >= 11 is 0. The number of piperazine rings is 1. The molecule has 1 aromatic heterocycles. The second-order valence-corrected chi connectivity index (χ2v) is 4.53. The van der Waals surface area contributed by atoms with Gasteiger partial charge in [-0.15, -0.1) is 0 Å². The van der Waals surface area contributed by atoms with E-state index in [1.807, 2.05) is 0 Å². The van der Waals surface area contributed by atoms with Crippen molar-refractivity contribution in [2.24, 2.45) is 5.92 Å². The molecule has 1 aliphatic heterocycles. The van der Waals surface area contributed by atoms with Crippen molar-refractivity contribution in [1.82, 2.24) is 10.3 Å². The first-order valence-electron chi connectivity index (χ1n) is 5.63. The summed E-state index contributed by atoms with van der Waals surface area (Å²) in [7, 11) is 0. The highest BCUT2D eigenvalue weighted by molar-refractivity contribution is 5.37. The van der Waals surface area contributed by atoms with Crippen LogP contribution in [0.2, 0.25) is 0 Å². The largest absolute Gasteiger partial charge is 0.449 e. The standard InChI is InChI=1S/C11H19N3O/c1-9(2)5-10-6-12-3-4-14(10)11-7-15-8-13-11/h7-10,12H,3-6H2,1-2H3. The number of nitrogens with one attached hydrogen (secondary N) is 1. The van der Waals surface area contributed by atoms with Crippen LogP contribution in [0.5, 0.6) is 0 Å². The van der Waals surface area contributed by atoms with Gasteiger partial charge in [-0.05, 0) is 12.3 Å². The Balaban J connectivity index is 2.06. The van der Waals surface area contributed by atoms with E-state index in [1.54, 1.807) is 6.26 Å². The van der Waals surface area contributed by atoms with Gasteiger partial charge in [0.15, 0.2) is 12.2 Å². The Morgan fingerprint density at radius 2 is 2.53 bits per heavy atom. The molecule has 0 bridgehead atoms. The summed E-state index contributed by atoms with van der Waals surface area (Å²) < 4.78 is 5.05. The van der Waals surface area contributed by atoms with Crippen molar-refractivity contribution in [3.05, 3.63) is 12.7 Å². The normalized spacial score (nSPS) is 22.3. The zero-order valence-electron chi connectivity index (χ0n) is 9.44. The van der Waals surface area contributed by atoms with Crippen molar-refractivity contribution in [3.63, 3.8) is 0 Å². The van der Waals surface area contributed by atoms with Crippen LogP contribution in [0.1, 0.15) is 20.3 Å². The number of aromatic nitrogens is 1. The van der Waals surface area contributed by atoms with Crippen molar-refractivity contribution in [3.8, 4) is 0 Å². The van der Waals surface area contributed by atoms with Crippen LogP contribution in [0.15, 0.2) is 17.1 Å². The third-order valence-corrected chi connectivity index (χ3v) is 2.81. The first kappa shape index (κ1) is 10.5. The Hall–Kier alpha value is -1.03. The van der Waals surface area contributed by atoms with Crippen molar-refractivity contribution in [2.75, 3.05) is 24.5 Å². The van der Waals surface area contributed by atoms with Crippen molar-refractivity contribution >= 4 is 5.82 Å². The molecule has 1 aliphatic rings. The minimum atomic E-state index is 0.545. The van der Waals surface area contributed by atoms with E-state index < -0.39 is 0 Å². The van der Waals surface area contributed by atoms with E-state index >= 15 is 0 Å². The van der Waals surface area contributed by atoms with Crippen LogP contribution in [0.25, 0.3) is 0 Å². The van der Waals surface area contributed by atoms with Gasteiger partial charge in [0.25, 0.3) is 0 Å². The summed E-state index contributed by atoms with van der Waals surface area (Å²) in [5.74, 6) is 1.69. The third-order valence-electron chi connectivity index (χ3n) is 2.81. The zero-order chi connectivity index (χ0) is 10.7. The molecule has 1 saturated heterocycles. The van der Waals surface area contributed by atoms with Crippen LogP contribution in [0.4, 0.5) is 5.82 Å². The first-order valence-corrected chi connectivity index (χ1v) is 5.63.